The lowest BCUT2D eigenvalue weighted by atomic mass is 9.96. The Morgan fingerprint density at radius 2 is 0.722 bits per heavy atom. The Morgan fingerprint density at radius 3 is 1.08 bits per heavy atom. The predicted molar refractivity (Wildman–Crippen MR) is 144 cm³/mol. The van der Waals surface area contributed by atoms with E-state index in [4.69, 9.17) is 4.74 Å². The van der Waals surface area contributed by atoms with Gasteiger partial charge in [-0.25, -0.2) is 4.79 Å². The summed E-state index contributed by atoms with van der Waals surface area (Å²) >= 11 is 0. The highest BCUT2D eigenvalue weighted by Gasteiger charge is 2.09. The Kier molecular flexibility index (Phi) is 6.55. The number of carbonyl (C=O) groups excluding carboxylic acids is 2. The molecule has 0 aromatic heterocycles. The van der Waals surface area contributed by atoms with Gasteiger partial charge in [0.05, 0.1) is 12.7 Å². The molecule has 36 heavy (non-hydrogen) atoms. The van der Waals surface area contributed by atoms with Crippen LogP contribution in [0.2, 0.25) is 0 Å². The number of benzene rings is 5. The van der Waals surface area contributed by atoms with Gasteiger partial charge in [-0.2, -0.15) is 0 Å². The Morgan fingerprint density at radius 1 is 0.417 bits per heavy atom. The molecule has 5 aromatic rings. The molecule has 174 valence electrons. The van der Waals surface area contributed by atoms with Crippen LogP contribution in [0.1, 0.15) is 26.3 Å². The van der Waals surface area contributed by atoms with E-state index in [9.17, 15) is 9.59 Å². The van der Waals surface area contributed by atoms with E-state index in [0.717, 1.165) is 33.4 Å². The largest absolute Gasteiger partial charge is 0.465 e. The molecule has 3 nitrogen and oxygen atoms in total. The van der Waals surface area contributed by atoms with Crippen molar-refractivity contribution in [3.8, 4) is 33.4 Å². The molecule has 0 amide bonds. The van der Waals surface area contributed by atoms with Crippen LogP contribution >= 0.6 is 0 Å². The summed E-state index contributed by atoms with van der Waals surface area (Å²) in [5, 5.41) is 0. The van der Waals surface area contributed by atoms with Crippen molar-refractivity contribution >= 4 is 11.8 Å². The second-order valence-electron chi connectivity index (χ2n) is 8.50. The fraction of sp³-hybridized carbons (Fsp3) is 0.0303. The van der Waals surface area contributed by atoms with E-state index >= 15 is 0 Å². The molecule has 0 radical (unpaired) electrons. The molecule has 0 atom stereocenters. The molecule has 0 aliphatic heterocycles. The lowest BCUT2D eigenvalue weighted by Gasteiger charge is -2.08. The summed E-state index contributed by atoms with van der Waals surface area (Å²) in [6, 6.07) is 41.3. The molecular weight excluding hydrogens is 444 g/mol. The van der Waals surface area contributed by atoms with Crippen LogP contribution in [0.25, 0.3) is 33.4 Å². The minimum Gasteiger partial charge on any atom is -0.465 e. The number of esters is 1. The maximum absolute atomic E-state index is 12.6. The molecule has 0 spiro atoms. The summed E-state index contributed by atoms with van der Waals surface area (Å²) in [5.74, 6) is -0.308. The Bertz CT molecular complexity index is 1480. The Balaban J connectivity index is 1.29. The molecule has 0 N–H and O–H groups in total. The van der Waals surface area contributed by atoms with Crippen molar-refractivity contribution in [3.63, 3.8) is 0 Å². The molecule has 5 rings (SSSR count). The molecular formula is C33H24O3. The number of hydrogen-bond donors (Lipinski definition) is 0. The van der Waals surface area contributed by atoms with Gasteiger partial charge in [0.1, 0.15) is 0 Å². The number of methoxy groups -OCH3 is 1. The van der Waals surface area contributed by atoms with Crippen molar-refractivity contribution in [1.29, 1.82) is 0 Å². The monoisotopic (exact) mass is 468 g/mol. The lowest BCUT2D eigenvalue weighted by Crippen LogP contribution is -2.00. The standard InChI is InChI=1S/C33H24O3/c1-36-33(35)31-21-17-28(18-22-31)26-13-9-24(10-14-26)23-7-11-25(12-8-23)27-15-19-30(20-16-27)32(34)29-5-3-2-4-6-29/h2-22H,1H3. The van der Waals surface area contributed by atoms with Crippen molar-refractivity contribution in [2.75, 3.05) is 7.11 Å². The molecule has 5 aromatic carbocycles. The van der Waals surface area contributed by atoms with Crippen LogP contribution in [0.15, 0.2) is 127 Å². The van der Waals surface area contributed by atoms with E-state index in [1.807, 2.05) is 66.7 Å². The van der Waals surface area contributed by atoms with Crippen LogP contribution < -0.4 is 0 Å². The smallest absolute Gasteiger partial charge is 0.337 e. The van der Waals surface area contributed by atoms with E-state index in [1.165, 1.54) is 7.11 Å². The second-order valence-corrected chi connectivity index (χ2v) is 8.50. The van der Waals surface area contributed by atoms with E-state index in [0.29, 0.717) is 16.7 Å². The maximum Gasteiger partial charge on any atom is 0.337 e. The summed E-state index contributed by atoms with van der Waals surface area (Å²) in [4.78, 5) is 24.3. The van der Waals surface area contributed by atoms with Crippen LogP contribution in [0, 0.1) is 0 Å². The molecule has 0 bridgehead atoms. The van der Waals surface area contributed by atoms with Crippen LogP contribution in [0.5, 0.6) is 0 Å². The minimum atomic E-state index is -0.336. The van der Waals surface area contributed by atoms with Crippen molar-refractivity contribution in [2.24, 2.45) is 0 Å². The third kappa shape index (κ3) is 4.86. The van der Waals surface area contributed by atoms with E-state index in [-0.39, 0.29) is 11.8 Å². The first kappa shape index (κ1) is 23.0. The number of hydrogen-bond acceptors (Lipinski definition) is 3. The molecule has 0 unspecified atom stereocenters. The fourth-order valence-electron chi connectivity index (χ4n) is 4.20. The average Bonchev–Trinajstić information content (AvgIpc) is 2.97. The molecule has 0 saturated heterocycles. The van der Waals surface area contributed by atoms with Gasteiger partial charge in [-0.1, -0.05) is 115 Å². The van der Waals surface area contributed by atoms with Gasteiger partial charge in [0.15, 0.2) is 5.78 Å². The zero-order valence-corrected chi connectivity index (χ0v) is 19.8. The quantitative estimate of drug-likeness (QED) is 0.189. The fourth-order valence-corrected chi connectivity index (χ4v) is 4.20. The average molecular weight is 469 g/mol. The van der Waals surface area contributed by atoms with Gasteiger partial charge in [0.2, 0.25) is 0 Å². The van der Waals surface area contributed by atoms with Crippen molar-refractivity contribution in [2.45, 2.75) is 0 Å². The highest BCUT2D eigenvalue weighted by Crippen LogP contribution is 2.28. The van der Waals surface area contributed by atoms with Gasteiger partial charge in [0.25, 0.3) is 0 Å². The number of rotatable bonds is 6. The second kappa shape index (κ2) is 10.2. The molecule has 0 heterocycles. The van der Waals surface area contributed by atoms with E-state index in [1.54, 1.807) is 12.1 Å². The van der Waals surface area contributed by atoms with Gasteiger partial charge in [-0.15, -0.1) is 0 Å². The van der Waals surface area contributed by atoms with Gasteiger partial charge in [0, 0.05) is 11.1 Å². The Hall–Kier alpha value is -4.76. The van der Waals surface area contributed by atoms with Crippen LogP contribution in [0.3, 0.4) is 0 Å². The van der Waals surface area contributed by atoms with Gasteiger partial charge in [-0.05, 0) is 45.5 Å². The number of ketones is 1. The molecule has 3 heteroatoms. The normalized spacial score (nSPS) is 10.6. The molecule has 0 aliphatic rings. The maximum atomic E-state index is 12.6. The minimum absolute atomic E-state index is 0.0281. The number of carbonyl (C=O) groups is 2. The summed E-state index contributed by atoms with van der Waals surface area (Å²) in [6.07, 6.45) is 0. The third-order valence-electron chi connectivity index (χ3n) is 6.26. The van der Waals surface area contributed by atoms with Gasteiger partial charge in [-0.3, -0.25) is 4.79 Å². The molecule has 0 fully saturated rings. The van der Waals surface area contributed by atoms with Gasteiger partial charge < -0.3 is 4.74 Å². The predicted octanol–water partition coefficient (Wildman–Crippen LogP) is 7.71. The summed E-state index contributed by atoms with van der Waals surface area (Å²) in [6.45, 7) is 0. The third-order valence-corrected chi connectivity index (χ3v) is 6.26. The molecule has 0 aliphatic carbocycles. The first-order valence-corrected chi connectivity index (χ1v) is 11.7. The first-order chi connectivity index (χ1) is 17.6. The number of ether oxygens (including phenoxy) is 1. The highest BCUT2D eigenvalue weighted by molar-refractivity contribution is 6.09. The first-order valence-electron chi connectivity index (χ1n) is 11.7. The zero-order valence-electron chi connectivity index (χ0n) is 19.8. The zero-order chi connectivity index (χ0) is 24.9. The van der Waals surface area contributed by atoms with E-state index < -0.39 is 0 Å². The Labute approximate surface area is 210 Å². The van der Waals surface area contributed by atoms with Crippen molar-refractivity contribution in [3.05, 3.63) is 144 Å². The van der Waals surface area contributed by atoms with Crippen molar-refractivity contribution < 1.29 is 14.3 Å². The van der Waals surface area contributed by atoms with E-state index in [2.05, 4.69) is 48.5 Å². The SMILES string of the molecule is COC(=O)c1ccc(-c2ccc(-c3ccc(-c4ccc(C(=O)c5ccccc5)cc4)cc3)cc2)cc1. The van der Waals surface area contributed by atoms with Crippen LogP contribution in [-0.2, 0) is 4.74 Å². The topological polar surface area (TPSA) is 43.4 Å². The van der Waals surface area contributed by atoms with Gasteiger partial charge >= 0.3 is 5.97 Å². The summed E-state index contributed by atoms with van der Waals surface area (Å²) in [5.41, 5.74) is 8.45. The summed E-state index contributed by atoms with van der Waals surface area (Å²) in [7, 11) is 1.38. The summed E-state index contributed by atoms with van der Waals surface area (Å²) < 4.78 is 4.76. The van der Waals surface area contributed by atoms with Crippen LogP contribution in [-0.4, -0.2) is 18.9 Å². The van der Waals surface area contributed by atoms with Crippen LogP contribution in [0.4, 0.5) is 0 Å². The molecule has 0 saturated carbocycles. The lowest BCUT2D eigenvalue weighted by molar-refractivity contribution is 0.0600. The highest BCUT2D eigenvalue weighted by atomic mass is 16.5. The van der Waals surface area contributed by atoms with Crippen molar-refractivity contribution in [1.82, 2.24) is 0 Å².